The van der Waals surface area contributed by atoms with Crippen molar-refractivity contribution >= 4 is 50.9 Å². The maximum Gasteiger partial charge on any atom is 0.248 e. The lowest BCUT2D eigenvalue weighted by atomic mass is 10.1. The fourth-order valence-corrected chi connectivity index (χ4v) is 4.55. The summed E-state index contributed by atoms with van der Waals surface area (Å²) in [4.78, 5) is 17.2. The molecule has 1 amide bonds. The topological polar surface area (TPSA) is 44.8 Å². The van der Waals surface area contributed by atoms with Crippen molar-refractivity contribution < 1.29 is 9.53 Å². The largest absolute Gasteiger partial charge is 0.496 e. The van der Waals surface area contributed by atoms with Gasteiger partial charge in [0.15, 0.2) is 0 Å². The van der Waals surface area contributed by atoms with Crippen molar-refractivity contribution in [3.63, 3.8) is 0 Å². The van der Waals surface area contributed by atoms with Crippen molar-refractivity contribution in [3.05, 3.63) is 93.4 Å². The highest BCUT2D eigenvalue weighted by Gasteiger charge is 2.18. The molecule has 1 fully saturated rings. The number of hydrogen-bond donors (Lipinski definition) is 1. The summed E-state index contributed by atoms with van der Waals surface area (Å²) >= 11 is 9.76. The Morgan fingerprint density at radius 2 is 1.79 bits per heavy atom. The number of halogens is 2. The van der Waals surface area contributed by atoms with Gasteiger partial charge in [-0.15, -0.1) is 0 Å². The molecule has 0 saturated carbocycles. The molecule has 4 rings (SSSR count). The summed E-state index contributed by atoms with van der Waals surface area (Å²) in [7, 11) is 1.61. The number of ether oxygens (including phenoxy) is 1. The number of carbonyl (C=O) groups excluding carboxylic acids is 1. The molecule has 0 aliphatic carbocycles. The van der Waals surface area contributed by atoms with Crippen LogP contribution in [-0.2, 0) is 11.3 Å². The number of benzene rings is 3. The molecule has 0 bridgehead atoms. The first-order valence-corrected chi connectivity index (χ1v) is 12.3. The standard InChI is InChI=1S/C27H27BrClN3O2/c1-34-26-12-7-22(28)18-20(26)6-13-27(33)30-23-8-10-24(11-9-23)32-16-14-31(15-17-32)19-21-4-2-3-5-25(21)29/h2-13,18H,14-17,19H2,1H3,(H,30,33)/b13-6+. The van der Waals surface area contributed by atoms with Gasteiger partial charge in [-0.05, 0) is 60.2 Å². The van der Waals surface area contributed by atoms with Gasteiger partial charge in [-0.2, -0.15) is 0 Å². The van der Waals surface area contributed by atoms with Crippen LogP contribution in [-0.4, -0.2) is 44.1 Å². The summed E-state index contributed by atoms with van der Waals surface area (Å²) in [6, 6.07) is 21.7. The van der Waals surface area contributed by atoms with E-state index in [1.54, 1.807) is 13.2 Å². The first kappa shape index (κ1) is 24.3. The Morgan fingerprint density at radius 1 is 1.06 bits per heavy atom. The van der Waals surface area contributed by atoms with Gasteiger partial charge in [-0.25, -0.2) is 0 Å². The first-order valence-electron chi connectivity index (χ1n) is 11.2. The van der Waals surface area contributed by atoms with Crippen molar-refractivity contribution in [2.75, 3.05) is 43.5 Å². The lowest BCUT2D eigenvalue weighted by Gasteiger charge is -2.36. The number of hydrogen-bond acceptors (Lipinski definition) is 4. The predicted octanol–water partition coefficient (Wildman–Crippen LogP) is 6.09. The highest BCUT2D eigenvalue weighted by Crippen LogP contribution is 2.25. The quantitative estimate of drug-likeness (QED) is 0.369. The van der Waals surface area contributed by atoms with E-state index >= 15 is 0 Å². The lowest BCUT2D eigenvalue weighted by molar-refractivity contribution is -0.111. The summed E-state index contributed by atoms with van der Waals surface area (Å²) < 4.78 is 6.27. The molecule has 3 aromatic carbocycles. The fraction of sp³-hybridized carbons (Fsp3) is 0.222. The normalized spacial score (nSPS) is 14.4. The Morgan fingerprint density at radius 3 is 2.50 bits per heavy atom. The van der Waals surface area contributed by atoms with Gasteiger partial charge in [0.1, 0.15) is 5.75 Å². The summed E-state index contributed by atoms with van der Waals surface area (Å²) in [5.41, 5.74) is 3.92. The molecule has 0 atom stereocenters. The minimum atomic E-state index is -0.192. The van der Waals surface area contributed by atoms with Gasteiger partial charge >= 0.3 is 0 Å². The average Bonchev–Trinajstić information content (AvgIpc) is 2.85. The number of carbonyl (C=O) groups is 1. The molecule has 0 spiro atoms. The van der Waals surface area contributed by atoms with Crippen molar-refractivity contribution in [3.8, 4) is 5.75 Å². The van der Waals surface area contributed by atoms with Crippen LogP contribution in [0, 0.1) is 0 Å². The zero-order chi connectivity index (χ0) is 23.9. The third-order valence-electron chi connectivity index (χ3n) is 5.83. The van der Waals surface area contributed by atoms with E-state index in [1.165, 1.54) is 11.6 Å². The number of rotatable bonds is 7. The third kappa shape index (κ3) is 6.41. The second-order valence-electron chi connectivity index (χ2n) is 8.11. The lowest BCUT2D eigenvalue weighted by Crippen LogP contribution is -2.46. The van der Waals surface area contributed by atoms with E-state index in [9.17, 15) is 4.79 Å². The zero-order valence-corrected chi connectivity index (χ0v) is 21.3. The molecular formula is C27H27BrClN3O2. The molecule has 1 saturated heterocycles. The highest BCUT2D eigenvalue weighted by atomic mass is 79.9. The van der Waals surface area contributed by atoms with Crippen LogP contribution >= 0.6 is 27.5 Å². The first-order chi connectivity index (χ1) is 16.5. The highest BCUT2D eigenvalue weighted by molar-refractivity contribution is 9.10. The molecule has 0 radical (unpaired) electrons. The maximum absolute atomic E-state index is 12.4. The molecule has 7 heteroatoms. The Balaban J connectivity index is 1.29. The molecule has 5 nitrogen and oxygen atoms in total. The van der Waals surface area contributed by atoms with Crippen LogP contribution in [0.2, 0.25) is 5.02 Å². The van der Waals surface area contributed by atoms with Gasteiger partial charge in [0.25, 0.3) is 0 Å². The summed E-state index contributed by atoms with van der Waals surface area (Å²) in [6.45, 7) is 4.74. The number of methoxy groups -OCH3 is 1. The molecule has 1 aliphatic rings. The van der Waals surface area contributed by atoms with Crippen LogP contribution < -0.4 is 15.0 Å². The smallest absolute Gasteiger partial charge is 0.248 e. The number of amides is 1. The van der Waals surface area contributed by atoms with Crippen molar-refractivity contribution in [2.45, 2.75) is 6.54 Å². The monoisotopic (exact) mass is 539 g/mol. The zero-order valence-electron chi connectivity index (χ0n) is 19.0. The van der Waals surface area contributed by atoms with E-state index in [0.717, 1.165) is 59.2 Å². The average molecular weight is 541 g/mol. The molecule has 3 aromatic rings. The molecule has 176 valence electrons. The summed E-state index contributed by atoms with van der Waals surface area (Å²) in [6.07, 6.45) is 3.26. The van der Waals surface area contributed by atoms with E-state index in [2.05, 4.69) is 49.2 Å². The van der Waals surface area contributed by atoms with Gasteiger partial charge in [-0.3, -0.25) is 9.69 Å². The van der Waals surface area contributed by atoms with Crippen LogP contribution in [0.15, 0.2) is 77.3 Å². The number of piperazine rings is 1. The van der Waals surface area contributed by atoms with Crippen LogP contribution in [0.4, 0.5) is 11.4 Å². The van der Waals surface area contributed by atoms with E-state index in [-0.39, 0.29) is 5.91 Å². The Hall–Kier alpha value is -2.80. The SMILES string of the molecule is COc1ccc(Br)cc1/C=C/C(=O)Nc1ccc(N2CCN(Cc3ccccc3Cl)CC2)cc1. The van der Waals surface area contributed by atoms with Gasteiger partial charge in [-0.1, -0.05) is 45.7 Å². The van der Waals surface area contributed by atoms with Gasteiger partial charge in [0.05, 0.1) is 7.11 Å². The maximum atomic E-state index is 12.4. The molecule has 1 heterocycles. The van der Waals surface area contributed by atoms with E-state index in [4.69, 9.17) is 16.3 Å². The summed E-state index contributed by atoms with van der Waals surface area (Å²) in [5, 5.41) is 3.74. The van der Waals surface area contributed by atoms with Crippen molar-refractivity contribution in [1.82, 2.24) is 4.90 Å². The molecule has 1 aliphatic heterocycles. The van der Waals surface area contributed by atoms with Crippen LogP contribution in [0.1, 0.15) is 11.1 Å². The van der Waals surface area contributed by atoms with Gasteiger partial charge in [0.2, 0.25) is 5.91 Å². The van der Waals surface area contributed by atoms with E-state index < -0.39 is 0 Å². The molecule has 34 heavy (non-hydrogen) atoms. The van der Waals surface area contributed by atoms with Gasteiger partial charge < -0.3 is 15.0 Å². The van der Waals surface area contributed by atoms with Crippen molar-refractivity contribution in [2.24, 2.45) is 0 Å². The summed E-state index contributed by atoms with van der Waals surface area (Å²) in [5.74, 6) is 0.520. The van der Waals surface area contributed by atoms with Crippen LogP contribution in [0.3, 0.4) is 0 Å². The number of anilines is 2. The second-order valence-corrected chi connectivity index (χ2v) is 9.43. The number of nitrogens with one attached hydrogen (secondary N) is 1. The predicted molar refractivity (Wildman–Crippen MR) is 144 cm³/mol. The minimum Gasteiger partial charge on any atom is -0.496 e. The second kappa shape index (κ2) is 11.6. The van der Waals surface area contributed by atoms with Gasteiger partial charge in [0, 0.05) is 65.2 Å². The Bertz CT molecular complexity index is 1160. The van der Waals surface area contributed by atoms with E-state index in [0.29, 0.717) is 5.75 Å². The van der Waals surface area contributed by atoms with Crippen molar-refractivity contribution in [1.29, 1.82) is 0 Å². The fourth-order valence-electron chi connectivity index (χ4n) is 3.97. The van der Waals surface area contributed by atoms with Crippen LogP contribution in [0.25, 0.3) is 6.08 Å². The number of nitrogens with zero attached hydrogens (tertiary/aromatic N) is 2. The Labute approximate surface area is 214 Å². The Kier molecular flexibility index (Phi) is 8.27. The third-order valence-corrected chi connectivity index (χ3v) is 6.69. The molecule has 0 unspecified atom stereocenters. The molecule has 0 aromatic heterocycles. The van der Waals surface area contributed by atoms with E-state index in [1.807, 2.05) is 48.5 Å². The van der Waals surface area contributed by atoms with Crippen LogP contribution in [0.5, 0.6) is 5.75 Å². The minimum absolute atomic E-state index is 0.192. The molecular weight excluding hydrogens is 514 g/mol. The molecule has 1 N–H and O–H groups in total.